The van der Waals surface area contributed by atoms with Crippen molar-refractivity contribution in [2.24, 2.45) is 0 Å². The van der Waals surface area contributed by atoms with Crippen LogP contribution in [0.5, 0.6) is 0 Å². The Morgan fingerprint density at radius 3 is 3.08 bits per heavy atom. The molecule has 68 valence electrons. The first-order valence-electron chi connectivity index (χ1n) is 3.77. The van der Waals surface area contributed by atoms with Gasteiger partial charge in [0.05, 0.1) is 6.54 Å². The highest BCUT2D eigenvalue weighted by molar-refractivity contribution is 7.13. The third kappa shape index (κ3) is 2.03. The van der Waals surface area contributed by atoms with Gasteiger partial charge in [-0.2, -0.15) is 0 Å². The molecular formula is C7H8N4OS. The van der Waals surface area contributed by atoms with E-state index in [-0.39, 0.29) is 0 Å². The molecular weight excluding hydrogens is 188 g/mol. The lowest BCUT2D eigenvalue weighted by Crippen LogP contribution is -1.98. The molecule has 2 aromatic heterocycles. The topological polar surface area (TPSA) is 63.8 Å². The van der Waals surface area contributed by atoms with E-state index in [0.29, 0.717) is 18.3 Å². The summed E-state index contributed by atoms with van der Waals surface area (Å²) in [4.78, 5) is 4.06. The summed E-state index contributed by atoms with van der Waals surface area (Å²) in [6.07, 6.45) is 1.74. The summed E-state index contributed by atoms with van der Waals surface area (Å²) in [6.45, 7) is 2.29. The number of rotatable bonds is 3. The SMILES string of the molecule is Cc1nnc(CNc2nccs2)o1. The number of anilines is 1. The molecule has 0 atom stereocenters. The number of hydrogen-bond acceptors (Lipinski definition) is 6. The second-order valence-corrected chi connectivity index (χ2v) is 3.30. The fraction of sp³-hybridized carbons (Fsp3) is 0.286. The molecule has 0 aliphatic rings. The number of nitrogens with zero attached hydrogens (tertiary/aromatic N) is 3. The maximum Gasteiger partial charge on any atom is 0.235 e. The van der Waals surface area contributed by atoms with Gasteiger partial charge in [0.15, 0.2) is 5.13 Å². The zero-order valence-corrected chi connectivity index (χ0v) is 7.84. The Kier molecular flexibility index (Phi) is 2.22. The highest BCUT2D eigenvalue weighted by atomic mass is 32.1. The monoisotopic (exact) mass is 196 g/mol. The van der Waals surface area contributed by atoms with E-state index in [9.17, 15) is 0 Å². The molecule has 0 saturated heterocycles. The maximum absolute atomic E-state index is 5.17. The van der Waals surface area contributed by atoms with Crippen molar-refractivity contribution >= 4 is 16.5 Å². The number of hydrogen-bond donors (Lipinski definition) is 1. The highest BCUT2D eigenvalue weighted by Crippen LogP contribution is 2.11. The normalized spacial score (nSPS) is 10.2. The average molecular weight is 196 g/mol. The van der Waals surface area contributed by atoms with Crippen LogP contribution in [0.1, 0.15) is 11.8 Å². The van der Waals surface area contributed by atoms with Crippen LogP contribution < -0.4 is 5.32 Å². The second-order valence-electron chi connectivity index (χ2n) is 2.41. The average Bonchev–Trinajstić information content (AvgIpc) is 2.71. The lowest BCUT2D eigenvalue weighted by atomic mass is 10.6. The molecule has 2 rings (SSSR count). The summed E-state index contributed by atoms with van der Waals surface area (Å²) >= 11 is 1.54. The number of aryl methyl sites for hydroxylation is 1. The molecule has 0 saturated carbocycles. The van der Waals surface area contributed by atoms with Gasteiger partial charge in [-0.05, 0) is 0 Å². The molecule has 0 unspecified atom stereocenters. The summed E-state index contributed by atoms with van der Waals surface area (Å²) in [7, 11) is 0. The minimum Gasteiger partial charge on any atom is -0.424 e. The predicted molar refractivity (Wildman–Crippen MR) is 48.5 cm³/mol. The number of thiazole rings is 1. The van der Waals surface area contributed by atoms with E-state index in [1.165, 1.54) is 11.3 Å². The largest absolute Gasteiger partial charge is 0.424 e. The lowest BCUT2D eigenvalue weighted by molar-refractivity contribution is 0.475. The van der Waals surface area contributed by atoms with Crippen molar-refractivity contribution in [2.45, 2.75) is 13.5 Å². The van der Waals surface area contributed by atoms with Crippen molar-refractivity contribution in [1.29, 1.82) is 0 Å². The molecule has 0 spiro atoms. The summed E-state index contributed by atoms with van der Waals surface area (Å²) in [6, 6.07) is 0. The van der Waals surface area contributed by atoms with E-state index in [2.05, 4.69) is 20.5 Å². The van der Waals surface area contributed by atoms with Crippen LogP contribution in [0.25, 0.3) is 0 Å². The first-order valence-corrected chi connectivity index (χ1v) is 4.65. The van der Waals surface area contributed by atoms with Crippen LogP contribution in [-0.2, 0) is 6.54 Å². The maximum atomic E-state index is 5.17. The van der Waals surface area contributed by atoms with Gasteiger partial charge in [0.2, 0.25) is 11.8 Å². The third-order valence-electron chi connectivity index (χ3n) is 1.39. The van der Waals surface area contributed by atoms with Crippen LogP contribution in [0.4, 0.5) is 5.13 Å². The molecule has 0 fully saturated rings. The molecule has 2 heterocycles. The molecule has 0 amide bonds. The van der Waals surface area contributed by atoms with E-state index in [1.54, 1.807) is 13.1 Å². The lowest BCUT2D eigenvalue weighted by Gasteiger charge is -1.95. The Labute approximate surface area is 78.8 Å². The number of nitrogens with one attached hydrogen (secondary N) is 1. The van der Waals surface area contributed by atoms with E-state index in [4.69, 9.17) is 4.42 Å². The zero-order chi connectivity index (χ0) is 9.10. The molecule has 13 heavy (non-hydrogen) atoms. The van der Waals surface area contributed by atoms with Crippen molar-refractivity contribution in [3.63, 3.8) is 0 Å². The van der Waals surface area contributed by atoms with Crippen LogP contribution in [0.2, 0.25) is 0 Å². The predicted octanol–water partition coefficient (Wildman–Crippen LogP) is 1.45. The Morgan fingerprint density at radius 2 is 2.46 bits per heavy atom. The molecule has 0 aliphatic heterocycles. The first kappa shape index (κ1) is 8.18. The van der Waals surface area contributed by atoms with E-state index < -0.39 is 0 Å². The van der Waals surface area contributed by atoms with Crippen molar-refractivity contribution in [2.75, 3.05) is 5.32 Å². The molecule has 6 heteroatoms. The smallest absolute Gasteiger partial charge is 0.235 e. The van der Waals surface area contributed by atoms with Crippen LogP contribution >= 0.6 is 11.3 Å². The van der Waals surface area contributed by atoms with Gasteiger partial charge in [-0.25, -0.2) is 4.98 Å². The zero-order valence-electron chi connectivity index (χ0n) is 7.02. The molecule has 0 aromatic carbocycles. The Balaban J connectivity index is 1.93. The van der Waals surface area contributed by atoms with Gasteiger partial charge in [-0.1, -0.05) is 0 Å². The minimum absolute atomic E-state index is 0.522. The molecule has 0 bridgehead atoms. The van der Waals surface area contributed by atoms with Gasteiger partial charge >= 0.3 is 0 Å². The summed E-state index contributed by atoms with van der Waals surface area (Å²) < 4.78 is 5.17. The summed E-state index contributed by atoms with van der Waals surface area (Å²) in [5.41, 5.74) is 0. The quantitative estimate of drug-likeness (QED) is 0.804. The van der Waals surface area contributed by atoms with Crippen LogP contribution in [0, 0.1) is 6.92 Å². The summed E-state index contributed by atoms with van der Waals surface area (Å²) in [5.74, 6) is 1.16. The van der Waals surface area contributed by atoms with Gasteiger partial charge in [0.25, 0.3) is 0 Å². The van der Waals surface area contributed by atoms with Gasteiger partial charge in [0, 0.05) is 18.5 Å². The van der Waals surface area contributed by atoms with Crippen molar-refractivity contribution in [3.8, 4) is 0 Å². The van der Waals surface area contributed by atoms with Gasteiger partial charge in [0.1, 0.15) is 0 Å². The fourth-order valence-electron chi connectivity index (χ4n) is 0.871. The highest BCUT2D eigenvalue weighted by Gasteiger charge is 2.01. The Bertz CT molecular complexity index is 370. The first-order chi connectivity index (χ1) is 6.34. The standard InChI is InChI=1S/C7H8N4OS/c1-5-10-11-6(12-5)4-9-7-8-2-3-13-7/h2-3H,4H2,1H3,(H,8,9). The molecule has 2 aromatic rings. The Morgan fingerprint density at radius 1 is 1.54 bits per heavy atom. The second kappa shape index (κ2) is 3.53. The Hall–Kier alpha value is -1.43. The minimum atomic E-state index is 0.522. The van der Waals surface area contributed by atoms with Crippen LogP contribution in [0.3, 0.4) is 0 Å². The molecule has 5 nitrogen and oxygen atoms in total. The van der Waals surface area contributed by atoms with Gasteiger partial charge < -0.3 is 9.73 Å². The van der Waals surface area contributed by atoms with Crippen LogP contribution in [-0.4, -0.2) is 15.2 Å². The number of aromatic nitrogens is 3. The van der Waals surface area contributed by atoms with E-state index in [0.717, 1.165) is 5.13 Å². The van der Waals surface area contributed by atoms with E-state index in [1.807, 2.05) is 5.38 Å². The molecule has 0 radical (unpaired) electrons. The summed E-state index contributed by atoms with van der Waals surface area (Å²) in [5, 5.41) is 13.4. The fourth-order valence-corrected chi connectivity index (χ4v) is 1.40. The molecule has 0 aliphatic carbocycles. The molecule has 1 N–H and O–H groups in total. The van der Waals surface area contributed by atoms with Crippen LogP contribution in [0.15, 0.2) is 16.0 Å². The van der Waals surface area contributed by atoms with Crippen molar-refractivity contribution in [3.05, 3.63) is 23.4 Å². The third-order valence-corrected chi connectivity index (χ3v) is 2.12. The van der Waals surface area contributed by atoms with Crippen molar-refractivity contribution in [1.82, 2.24) is 15.2 Å². The van der Waals surface area contributed by atoms with Gasteiger partial charge in [-0.15, -0.1) is 21.5 Å². The van der Waals surface area contributed by atoms with E-state index >= 15 is 0 Å². The van der Waals surface area contributed by atoms with Gasteiger partial charge in [-0.3, -0.25) is 0 Å². The van der Waals surface area contributed by atoms with Crippen molar-refractivity contribution < 1.29 is 4.42 Å².